The van der Waals surface area contributed by atoms with Crippen LogP contribution in [0, 0.1) is 0 Å². The van der Waals surface area contributed by atoms with Gasteiger partial charge in [-0.15, -0.1) is 0 Å². The van der Waals surface area contributed by atoms with Crippen molar-refractivity contribution in [2.45, 2.75) is 6.54 Å². The maximum Gasteiger partial charge on any atom is 0.257 e. The number of carbonyl (C=O) groups is 1. The molecule has 5 rings (SSSR count). The molecule has 0 atom stereocenters. The van der Waals surface area contributed by atoms with E-state index in [0.717, 1.165) is 17.0 Å². The van der Waals surface area contributed by atoms with Crippen LogP contribution in [-0.2, 0) is 6.54 Å². The average Bonchev–Trinajstić information content (AvgIpc) is 3.55. The fourth-order valence-corrected chi connectivity index (χ4v) is 4.04. The highest BCUT2D eigenvalue weighted by Crippen LogP contribution is 2.21. The van der Waals surface area contributed by atoms with Gasteiger partial charge in [-0.3, -0.25) is 9.69 Å². The molecule has 1 saturated heterocycles. The lowest BCUT2D eigenvalue weighted by molar-refractivity contribution is 0.0615. The number of hydrogen-bond donors (Lipinski definition) is 0. The Morgan fingerprint density at radius 1 is 1.12 bits per heavy atom. The predicted octanol–water partition coefficient (Wildman–Crippen LogP) is 3.54. The van der Waals surface area contributed by atoms with Gasteiger partial charge >= 0.3 is 0 Å². The van der Waals surface area contributed by atoms with Crippen LogP contribution in [0.4, 0.5) is 0 Å². The fourth-order valence-electron chi connectivity index (χ4n) is 3.85. The molecular weight excluding hydrogens is 456 g/mol. The van der Waals surface area contributed by atoms with Gasteiger partial charge in [0.1, 0.15) is 5.75 Å². The molecule has 0 radical (unpaired) electrons. The molecule has 1 aliphatic heterocycles. The third-order valence-electron chi connectivity index (χ3n) is 5.74. The van der Waals surface area contributed by atoms with Crippen LogP contribution in [0.1, 0.15) is 16.2 Å². The predicted molar refractivity (Wildman–Crippen MR) is 126 cm³/mol. The number of rotatable bonds is 6. The fraction of sp³-hybridized carbons (Fsp3) is 0.250. The van der Waals surface area contributed by atoms with Gasteiger partial charge in [-0.05, 0) is 42.5 Å². The number of methoxy groups -OCH3 is 1. The topological polar surface area (TPSA) is 89.5 Å². The Morgan fingerprint density at radius 3 is 2.65 bits per heavy atom. The summed E-state index contributed by atoms with van der Waals surface area (Å²) < 4.78 is 12.3. The van der Waals surface area contributed by atoms with Crippen molar-refractivity contribution in [3.05, 3.63) is 77.4 Å². The number of halogens is 1. The largest absolute Gasteiger partial charge is 0.497 e. The number of hydrogen-bond acceptors (Lipinski definition) is 7. The van der Waals surface area contributed by atoms with Gasteiger partial charge in [0.15, 0.2) is 0 Å². The van der Waals surface area contributed by atoms with Crippen molar-refractivity contribution in [2.24, 2.45) is 0 Å². The summed E-state index contributed by atoms with van der Waals surface area (Å²) in [4.78, 5) is 21.5. The Hall–Kier alpha value is -3.69. The molecule has 1 amide bonds. The molecule has 0 bridgehead atoms. The number of aromatic nitrogens is 4. The zero-order chi connectivity index (χ0) is 23.5. The van der Waals surface area contributed by atoms with Gasteiger partial charge < -0.3 is 14.2 Å². The summed E-state index contributed by atoms with van der Waals surface area (Å²) in [5, 5.41) is 9.02. The lowest BCUT2D eigenvalue weighted by Gasteiger charge is -2.33. The number of benzene rings is 2. The zero-order valence-electron chi connectivity index (χ0n) is 18.6. The smallest absolute Gasteiger partial charge is 0.257 e. The summed E-state index contributed by atoms with van der Waals surface area (Å²) in [7, 11) is 1.63. The number of carbonyl (C=O) groups excluding carboxylic acids is 1. The van der Waals surface area contributed by atoms with Crippen molar-refractivity contribution in [3.8, 4) is 22.8 Å². The van der Waals surface area contributed by atoms with Gasteiger partial charge in [0, 0.05) is 43.0 Å². The third-order valence-corrected chi connectivity index (χ3v) is 5.97. The molecule has 0 saturated carbocycles. The highest BCUT2D eigenvalue weighted by Gasteiger charge is 2.24. The standard InChI is InChI=1S/C24H23ClN6O3/c1-33-21-7-5-17(6-8-21)23-27-22(34-28-23)16-29-9-11-30(12-10-29)24(32)18-14-26-31(15-18)20-4-2-3-19(25)13-20/h2-8,13-15H,9-12,16H2,1H3. The molecule has 0 N–H and O–H groups in total. The highest BCUT2D eigenvalue weighted by molar-refractivity contribution is 6.30. The van der Waals surface area contributed by atoms with Crippen LogP contribution in [0.5, 0.6) is 5.75 Å². The van der Waals surface area contributed by atoms with Crippen LogP contribution in [0.3, 0.4) is 0 Å². The molecule has 4 aromatic rings. The van der Waals surface area contributed by atoms with E-state index in [9.17, 15) is 4.79 Å². The summed E-state index contributed by atoms with van der Waals surface area (Å²) in [6.07, 6.45) is 3.33. The van der Waals surface area contributed by atoms with Crippen LogP contribution in [0.25, 0.3) is 17.1 Å². The Morgan fingerprint density at radius 2 is 1.91 bits per heavy atom. The van der Waals surface area contributed by atoms with Gasteiger partial charge in [-0.2, -0.15) is 10.1 Å². The number of nitrogens with zero attached hydrogens (tertiary/aromatic N) is 6. The highest BCUT2D eigenvalue weighted by atomic mass is 35.5. The van der Waals surface area contributed by atoms with Crippen LogP contribution in [0.15, 0.2) is 65.4 Å². The third kappa shape index (κ3) is 4.80. The summed E-state index contributed by atoms with van der Waals surface area (Å²) in [6.45, 7) is 3.20. The number of amides is 1. The SMILES string of the molecule is COc1ccc(-c2noc(CN3CCN(C(=O)c4cnn(-c5cccc(Cl)c5)c4)CC3)n2)cc1. The van der Waals surface area contributed by atoms with Crippen molar-refractivity contribution >= 4 is 17.5 Å². The lowest BCUT2D eigenvalue weighted by Crippen LogP contribution is -2.48. The van der Waals surface area contributed by atoms with E-state index >= 15 is 0 Å². The molecule has 34 heavy (non-hydrogen) atoms. The monoisotopic (exact) mass is 478 g/mol. The first-order chi connectivity index (χ1) is 16.6. The van der Waals surface area contributed by atoms with Crippen molar-refractivity contribution in [3.63, 3.8) is 0 Å². The minimum atomic E-state index is -0.0347. The van der Waals surface area contributed by atoms with Crippen molar-refractivity contribution in [1.29, 1.82) is 0 Å². The summed E-state index contributed by atoms with van der Waals surface area (Å²) >= 11 is 6.06. The first kappa shape index (κ1) is 22.1. The van der Waals surface area contributed by atoms with Gasteiger partial charge in [0.25, 0.3) is 5.91 Å². The molecule has 9 nitrogen and oxygen atoms in total. The second-order valence-electron chi connectivity index (χ2n) is 7.96. The van der Waals surface area contributed by atoms with E-state index in [0.29, 0.717) is 55.0 Å². The van der Waals surface area contributed by atoms with Crippen LogP contribution < -0.4 is 4.74 Å². The van der Waals surface area contributed by atoms with Gasteiger partial charge in [0.2, 0.25) is 11.7 Å². The van der Waals surface area contributed by atoms with Crippen molar-refractivity contribution in [2.75, 3.05) is 33.3 Å². The Kier molecular flexibility index (Phi) is 6.29. The molecule has 2 aromatic heterocycles. The molecule has 1 fully saturated rings. The van der Waals surface area contributed by atoms with Gasteiger partial charge in [-0.25, -0.2) is 4.68 Å². The Balaban J connectivity index is 1.16. The molecule has 2 aromatic carbocycles. The maximum absolute atomic E-state index is 13.0. The quantitative estimate of drug-likeness (QED) is 0.418. The molecule has 1 aliphatic rings. The van der Waals surface area contributed by atoms with Crippen LogP contribution in [-0.4, -0.2) is 68.9 Å². The summed E-state index contributed by atoms with van der Waals surface area (Å²) in [5.41, 5.74) is 2.23. The van der Waals surface area contributed by atoms with E-state index in [4.69, 9.17) is 20.9 Å². The maximum atomic E-state index is 13.0. The van der Waals surface area contributed by atoms with E-state index in [1.807, 2.05) is 41.3 Å². The Labute approximate surface area is 201 Å². The Bertz CT molecular complexity index is 1280. The van der Waals surface area contributed by atoms with E-state index in [1.165, 1.54) is 0 Å². The van der Waals surface area contributed by atoms with Crippen molar-refractivity contribution in [1.82, 2.24) is 29.7 Å². The summed E-state index contributed by atoms with van der Waals surface area (Å²) in [6, 6.07) is 14.9. The molecule has 0 aliphatic carbocycles. The second-order valence-corrected chi connectivity index (χ2v) is 8.40. The summed E-state index contributed by atoms with van der Waals surface area (Å²) in [5.74, 6) is 1.83. The number of piperazine rings is 1. The van der Waals surface area contributed by atoms with Crippen LogP contribution >= 0.6 is 11.6 Å². The molecule has 3 heterocycles. The van der Waals surface area contributed by atoms with Gasteiger partial charge in [0.05, 0.1) is 31.1 Å². The molecule has 10 heteroatoms. The second kappa shape index (κ2) is 9.66. The van der Waals surface area contributed by atoms with E-state index in [1.54, 1.807) is 36.3 Å². The first-order valence-electron chi connectivity index (χ1n) is 10.9. The minimum absolute atomic E-state index is 0.0347. The minimum Gasteiger partial charge on any atom is -0.497 e. The van der Waals surface area contributed by atoms with E-state index in [-0.39, 0.29) is 5.91 Å². The lowest BCUT2D eigenvalue weighted by atomic mass is 10.2. The number of ether oxygens (including phenoxy) is 1. The van der Waals surface area contributed by atoms with Crippen LogP contribution in [0.2, 0.25) is 5.02 Å². The molecular formula is C24H23ClN6O3. The average molecular weight is 479 g/mol. The molecule has 0 spiro atoms. The first-order valence-corrected chi connectivity index (χ1v) is 11.3. The van der Waals surface area contributed by atoms with E-state index < -0.39 is 0 Å². The molecule has 0 unspecified atom stereocenters. The van der Waals surface area contributed by atoms with E-state index in [2.05, 4.69) is 20.1 Å². The van der Waals surface area contributed by atoms with Gasteiger partial charge in [-0.1, -0.05) is 22.8 Å². The molecule has 174 valence electrons. The normalized spacial score (nSPS) is 14.4. The zero-order valence-corrected chi connectivity index (χ0v) is 19.4. The van der Waals surface area contributed by atoms with Crippen molar-refractivity contribution < 1.29 is 14.1 Å².